The van der Waals surface area contributed by atoms with Gasteiger partial charge in [-0.05, 0) is 37.7 Å². The number of nitrogens with one attached hydrogen (secondary N) is 5. The fourth-order valence-corrected chi connectivity index (χ4v) is 7.77. The molecule has 4 unspecified atom stereocenters. The lowest BCUT2D eigenvalue weighted by Gasteiger charge is -2.29. The number of benzene rings is 1. The second-order valence-electron chi connectivity index (χ2n) is 14.0. The maximum absolute atomic E-state index is 13.9. The number of carbonyl (C=O) groups excluding carboxylic acids is 6. The summed E-state index contributed by atoms with van der Waals surface area (Å²) in [6.45, 7) is 10.3. The molecule has 11 atom stereocenters. The van der Waals surface area contributed by atoms with E-state index in [4.69, 9.17) is 5.73 Å². The molecule has 0 bridgehead atoms. The summed E-state index contributed by atoms with van der Waals surface area (Å²) in [7, 11) is 0. The topological polar surface area (TPSA) is 254 Å². The van der Waals surface area contributed by atoms with Crippen LogP contribution in [0, 0.1) is 11.8 Å². The van der Waals surface area contributed by atoms with E-state index in [0.717, 1.165) is 5.56 Å². The van der Waals surface area contributed by atoms with Crippen molar-refractivity contribution in [3.63, 3.8) is 0 Å². The van der Waals surface area contributed by atoms with Crippen molar-refractivity contribution in [1.29, 1.82) is 0 Å². The zero-order chi connectivity index (χ0) is 40.8. The van der Waals surface area contributed by atoms with Crippen molar-refractivity contribution in [2.45, 2.75) is 115 Å². The molecule has 2 aliphatic rings. The third kappa shape index (κ3) is 13.1. The summed E-state index contributed by atoms with van der Waals surface area (Å²) in [6.07, 6.45) is -0.680. The molecule has 55 heavy (non-hydrogen) atoms. The van der Waals surface area contributed by atoms with Gasteiger partial charge in [0.05, 0.1) is 28.3 Å². The summed E-state index contributed by atoms with van der Waals surface area (Å²) in [6, 6.07) is 2.34. The van der Waals surface area contributed by atoms with Crippen LogP contribution < -0.4 is 32.3 Å². The highest BCUT2D eigenvalue weighted by molar-refractivity contribution is 8.14. The molecule has 16 nitrogen and oxygen atoms in total. The summed E-state index contributed by atoms with van der Waals surface area (Å²) < 4.78 is 0. The minimum Gasteiger partial charge on any atom is -0.391 e. The third-order valence-corrected chi connectivity index (χ3v) is 11.9. The molecule has 0 saturated carbocycles. The molecule has 0 fully saturated rings. The maximum Gasteiger partial charge on any atom is 0.246 e. The molecule has 5 amide bonds. The van der Waals surface area contributed by atoms with Gasteiger partial charge < -0.3 is 47.3 Å². The molecular weight excluding hydrogens is 749 g/mol. The first-order chi connectivity index (χ1) is 26.1. The van der Waals surface area contributed by atoms with E-state index in [1.807, 2.05) is 44.2 Å². The molecule has 2 aliphatic heterocycles. The zero-order valence-corrected chi connectivity index (χ0v) is 33.8. The first-order valence-electron chi connectivity index (χ1n) is 18.6. The molecular formula is C37H56N8O8S2. The van der Waals surface area contributed by atoms with Crippen molar-refractivity contribution in [3.8, 4) is 0 Å². The van der Waals surface area contributed by atoms with Gasteiger partial charge in [0.1, 0.15) is 42.5 Å². The van der Waals surface area contributed by atoms with Crippen LogP contribution in [0.4, 0.5) is 0 Å². The number of hydrogen-bond donors (Lipinski definition) is 8. The summed E-state index contributed by atoms with van der Waals surface area (Å²) in [5.41, 5.74) is 6.52. The summed E-state index contributed by atoms with van der Waals surface area (Å²) in [5, 5.41) is 35.3. The number of nitrogens with two attached hydrogens (primary N) is 1. The molecule has 0 radical (unpaired) electrons. The van der Waals surface area contributed by atoms with Gasteiger partial charge in [-0.3, -0.25) is 34.0 Å². The molecule has 0 spiro atoms. The highest BCUT2D eigenvalue weighted by Crippen LogP contribution is 2.24. The summed E-state index contributed by atoms with van der Waals surface area (Å²) in [5.74, 6) is -2.93. The van der Waals surface area contributed by atoms with Crippen molar-refractivity contribution in [2.75, 3.05) is 18.1 Å². The van der Waals surface area contributed by atoms with Gasteiger partial charge in [0, 0.05) is 18.1 Å². The number of aliphatic hydroxyl groups is 2. The largest absolute Gasteiger partial charge is 0.391 e. The van der Waals surface area contributed by atoms with E-state index >= 15 is 0 Å². The van der Waals surface area contributed by atoms with E-state index in [0.29, 0.717) is 35.0 Å². The smallest absolute Gasteiger partial charge is 0.246 e. The normalized spacial score (nSPS) is 21.5. The minimum absolute atomic E-state index is 0.213. The van der Waals surface area contributed by atoms with E-state index in [9.17, 15) is 39.0 Å². The van der Waals surface area contributed by atoms with Crippen molar-refractivity contribution >= 4 is 69.4 Å². The quantitative estimate of drug-likeness (QED) is 0.0749. The van der Waals surface area contributed by atoms with Crippen LogP contribution in [-0.2, 0) is 35.2 Å². The van der Waals surface area contributed by atoms with E-state index in [1.165, 1.54) is 37.4 Å². The van der Waals surface area contributed by atoms with Crippen LogP contribution in [0.5, 0.6) is 0 Å². The van der Waals surface area contributed by atoms with Crippen LogP contribution >= 0.6 is 23.5 Å². The fraction of sp³-hybridized carbons (Fsp3) is 0.622. The monoisotopic (exact) mass is 804 g/mol. The van der Waals surface area contributed by atoms with Gasteiger partial charge >= 0.3 is 0 Å². The maximum atomic E-state index is 13.9. The molecule has 0 aliphatic carbocycles. The summed E-state index contributed by atoms with van der Waals surface area (Å²) in [4.78, 5) is 87.7. The molecule has 2 heterocycles. The Bertz CT molecular complexity index is 1560. The zero-order valence-electron chi connectivity index (χ0n) is 32.2. The highest BCUT2D eigenvalue weighted by atomic mass is 32.2. The number of nitrogens with zero attached hydrogens (tertiary/aromatic N) is 2. The molecule has 1 aromatic carbocycles. The first kappa shape index (κ1) is 45.5. The predicted octanol–water partition coefficient (Wildman–Crippen LogP) is -0.308. The van der Waals surface area contributed by atoms with Crippen LogP contribution in [0.1, 0.15) is 59.9 Å². The van der Waals surface area contributed by atoms with E-state index in [2.05, 4.69) is 36.6 Å². The van der Waals surface area contributed by atoms with Gasteiger partial charge in [-0.25, -0.2) is 0 Å². The van der Waals surface area contributed by atoms with Crippen molar-refractivity contribution < 1.29 is 39.0 Å². The molecule has 0 saturated heterocycles. The molecule has 9 N–H and O–H groups in total. The Morgan fingerprint density at radius 1 is 0.764 bits per heavy atom. The van der Waals surface area contributed by atoms with E-state index in [1.54, 1.807) is 13.8 Å². The Balaban J connectivity index is 1.81. The lowest BCUT2D eigenvalue weighted by molar-refractivity contribution is -0.135. The number of rotatable bonds is 21. The van der Waals surface area contributed by atoms with Gasteiger partial charge in [-0.15, -0.1) is 23.5 Å². The number of aldehydes is 1. The standard InChI is InChI=1S/C37H56N8O8S2/c1-7-19(3)29(34(51)41-25(16-46)21(5)47)43-33(50)27-18-55-37(42-27)24(14-23-12-10-9-11-13-23)40-36(53)31(22(6)48)45-35(52)30(20(4)8-2)44-32(49)26-17-54-28(15-38)39-26/h9-13,16,19-22,24-27,29-31,47-48H,7-8,14-15,17-18,38H2,1-6H3,(H,40,53)(H,41,51)(H,43,50)(H,44,49)(H,45,52)/t19-,20-,21+,22+,24?,25+,26?,27?,29-,30-,31?/m0/s1. The van der Waals surface area contributed by atoms with Gasteiger partial charge in [0.25, 0.3) is 0 Å². The Morgan fingerprint density at radius 3 is 1.78 bits per heavy atom. The molecule has 18 heteroatoms. The predicted molar refractivity (Wildman–Crippen MR) is 215 cm³/mol. The van der Waals surface area contributed by atoms with Crippen molar-refractivity contribution in [2.24, 2.45) is 27.6 Å². The molecule has 0 aromatic heterocycles. The number of carbonyl (C=O) groups is 6. The van der Waals surface area contributed by atoms with Crippen LogP contribution in [-0.4, -0.2) is 129 Å². The van der Waals surface area contributed by atoms with Crippen LogP contribution in [0.25, 0.3) is 0 Å². The van der Waals surface area contributed by atoms with E-state index < -0.39 is 84.0 Å². The molecule has 304 valence electrons. The highest BCUT2D eigenvalue weighted by Gasteiger charge is 2.38. The molecule has 1 aromatic rings. The van der Waals surface area contributed by atoms with Crippen LogP contribution in [0.3, 0.4) is 0 Å². The average Bonchev–Trinajstić information content (AvgIpc) is 3.87. The van der Waals surface area contributed by atoms with Gasteiger partial charge in [-0.1, -0.05) is 70.9 Å². The van der Waals surface area contributed by atoms with Crippen molar-refractivity contribution in [3.05, 3.63) is 35.9 Å². The Labute approximate surface area is 330 Å². The summed E-state index contributed by atoms with van der Waals surface area (Å²) >= 11 is 2.64. The number of aliphatic imine (C=N–C) groups is 2. The third-order valence-electron chi connectivity index (χ3n) is 9.68. The minimum atomic E-state index is -1.41. The van der Waals surface area contributed by atoms with Crippen LogP contribution in [0.15, 0.2) is 40.3 Å². The lowest BCUT2D eigenvalue weighted by Crippen LogP contribution is -2.60. The van der Waals surface area contributed by atoms with E-state index in [-0.39, 0.29) is 30.6 Å². The average molecular weight is 805 g/mol. The first-order valence-corrected chi connectivity index (χ1v) is 20.6. The van der Waals surface area contributed by atoms with Crippen LogP contribution in [0.2, 0.25) is 0 Å². The second-order valence-corrected chi connectivity index (χ2v) is 16.1. The second kappa shape index (κ2) is 22.0. The Morgan fingerprint density at radius 2 is 1.29 bits per heavy atom. The number of thioether (sulfide) groups is 2. The van der Waals surface area contributed by atoms with Crippen molar-refractivity contribution in [1.82, 2.24) is 26.6 Å². The van der Waals surface area contributed by atoms with Gasteiger partial charge in [0.2, 0.25) is 29.5 Å². The van der Waals surface area contributed by atoms with Gasteiger partial charge in [-0.2, -0.15) is 0 Å². The number of aliphatic hydroxyl groups excluding tert-OH is 2. The Kier molecular flexibility index (Phi) is 18.3. The number of hydrogen-bond acceptors (Lipinski definition) is 13. The fourth-order valence-electron chi connectivity index (χ4n) is 5.77. The Hall–Kier alpha value is -3.84. The van der Waals surface area contributed by atoms with Gasteiger partial charge in [0.15, 0.2) is 0 Å². The SMILES string of the molecule is CC[C@H](C)[C@H](NC(=O)C1CSC(CN)=N1)C(=O)NC(C(=O)NC(Cc1ccccc1)C1=NC(C(=O)N[C@H](C(=O)N[C@H](C=O)[C@@H](C)O)[C@@H](C)CC)CS1)[C@@H](C)O. The lowest BCUT2D eigenvalue weighted by atomic mass is 9.97. The molecule has 3 rings (SSSR count). The number of amides is 5.